The van der Waals surface area contributed by atoms with Crippen LogP contribution in [0.2, 0.25) is 0 Å². The van der Waals surface area contributed by atoms with Gasteiger partial charge in [0.15, 0.2) is 0 Å². The molecular formula is C31H25BrO6. The number of halogens is 1. The molecule has 0 fully saturated rings. The van der Waals surface area contributed by atoms with Crippen LogP contribution in [0.5, 0.6) is 28.7 Å². The lowest BCUT2D eigenvalue weighted by atomic mass is 9.76. The fourth-order valence-corrected chi connectivity index (χ4v) is 5.58. The van der Waals surface area contributed by atoms with E-state index in [0.29, 0.717) is 29.4 Å². The molecule has 0 amide bonds. The first-order valence-corrected chi connectivity index (χ1v) is 12.9. The van der Waals surface area contributed by atoms with Crippen LogP contribution in [0.4, 0.5) is 0 Å². The molecular weight excluding hydrogens is 548 g/mol. The highest BCUT2D eigenvalue weighted by Crippen LogP contribution is 2.53. The molecule has 0 radical (unpaired) electrons. The van der Waals surface area contributed by atoms with Gasteiger partial charge in [0.2, 0.25) is 0 Å². The summed E-state index contributed by atoms with van der Waals surface area (Å²) < 4.78 is 25.2. The van der Waals surface area contributed by atoms with Crippen molar-refractivity contribution in [3.8, 4) is 39.9 Å². The number of rotatable bonds is 5. The second-order valence-electron chi connectivity index (χ2n) is 9.26. The van der Waals surface area contributed by atoms with Crippen molar-refractivity contribution < 1.29 is 28.8 Å². The van der Waals surface area contributed by atoms with Gasteiger partial charge in [-0.25, -0.2) is 0 Å². The van der Waals surface area contributed by atoms with E-state index >= 15 is 0 Å². The second-order valence-corrected chi connectivity index (χ2v) is 10.2. The minimum atomic E-state index is -0.259. The SMILES string of the molecule is COc1cc(OC)c2c(-c3ccc(Br)cc3)c([C@H]3c4ccc(O)cc4OC[C@@H]3c3ccc(O)cc3)oc2c1. The molecule has 0 bridgehead atoms. The van der Waals surface area contributed by atoms with Gasteiger partial charge in [-0.15, -0.1) is 0 Å². The molecule has 0 spiro atoms. The van der Waals surface area contributed by atoms with Crippen LogP contribution in [0.15, 0.2) is 87.8 Å². The predicted octanol–water partition coefficient (Wildman–Crippen LogP) is 7.60. The van der Waals surface area contributed by atoms with Crippen molar-refractivity contribution in [1.82, 2.24) is 0 Å². The zero-order valence-electron chi connectivity index (χ0n) is 20.8. The van der Waals surface area contributed by atoms with Crippen molar-refractivity contribution in [2.75, 3.05) is 20.8 Å². The van der Waals surface area contributed by atoms with Crippen molar-refractivity contribution in [1.29, 1.82) is 0 Å². The molecule has 192 valence electrons. The molecule has 0 saturated heterocycles. The van der Waals surface area contributed by atoms with Gasteiger partial charge in [-0.3, -0.25) is 0 Å². The summed E-state index contributed by atoms with van der Waals surface area (Å²) in [6, 6.07) is 24.2. The molecule has 4 aromatic carbocycles. The van der Waals surface area contributed by atoms with Gasteiger partial charge in [0.05, 0.1) is 32.1 Å². The number of aromatic hydroxyl groups is 2. The summed E-state index contributed by atoms with van der Waals surface area (Å²) in [5.74, 6) is 2.58. The van der Waals surface area contributed by atoms with E-state index in [2.05, 4.69) is 15.9 Å². The highest BCUT2D eigenvalue weighted by Gasteiger charge is 2.39. The normalized spacial score (nSPS) is 16.6. The number of ether oxygens (including phenoxy) is 3. The molecule has 0 aliphatic carbocycles. The first-order chi connectivity index (χ1) is 18.5. The molecule has 0 saturated carbocycles. The number of fused-ring (bicyclic) bond motifs is 2. The highest BCUT2D eigenvalue weighted by atomic mass is 79.9. The summed E-state index contributed by atoms with van der Waals surface area (Å²) in [4.78, 5) is 0. The van der Waals surface area contributed by atoms with Crippen molar-refractivity contribution in [3.63, 3.8) is 0 Å². The van der Waals surface area contributed by atoms with Crippen molar-refractivity contribution >= 4 is 26.9 Å². The topological polar surface area (TPSA) is 81.3 Å². The fourth-order valence-electron chi connectivity index (χ4n) is 5.32. The molecule has 5 aromatic rings. The molecule has 1 aliphatic rings. The largest absolute Gasteiger partial charge is 0.508 e. The fraction of sp³-hybridized carbons (Fsp3) is 0.161. The zero-order valence-corrected chi connectivity index (χ0v) is 22.4. The van der Waals surface area contributed by atoms with Gasteiger partial charge in [0.1, 0.15) is 40.1 Å². The number of benzene rings is 4. The molecule has 0 unspecified atom stereocenters. The Morgan fingerprint density at radius 3 is 2.29 bits per heavy atom. The Balaban J connectivity index is 1.68. The third-order valence-electron chi connectivity index (χ3n) is 7.10. The van der Waals surface area contributed by atoms with Crippen LogP contribution in [0.1, 0.15) is 28.7 Å². The van der Waals surface area contributed by atoms with Gasteiger partial charge in [0, 0.05) is 39.7 Å². The third-order valence-corrected chi connectivity index (χ3v) is 7.63. The van der Waals surface area contributed by atoms with Gasteiger partial charge < -0.3 is 28.8 Å². The van der Waals surface area contributed by atoms with E-state index in [1.165, 1.54) is 0 Å². The summed E-state index contributed by atoms with van der Waals surface area (Å²) in [6.45, 7) is 0.364. The van der Waals surface area contributed by atoms with Crippen LogP contribution in [0, 0.1) is 0 Å². The summed E-state index contributed by atoms with van der Waals surface area (Å²) in [6.07, 6.45) is 0. The molecule has 38 heavy (non-hydrogen) atoms. The smallest absolute Gasteiger partial charge is 0.142 e. The van der Waals surface area contributed by atoms with Gasteiger partial charge in [0.25, 0.3) is 0 Å². The van der Waals surface area contributed by atoms with Crippen LogP contribution >= 0.6 is 15.9 Å². The van der Waals surface area contributed by atoms with E-state index < -0.39 is 0 Å². The lowest BCUT2D eigenvalue weighted by Crippen LogP contribution is -2.25. The van der Waals surface area contributed by atoms with Crippen LogP contribution in [-0.4, -0.2) is 31.0 Å². The van der Waals surface area contributed by atoms with Crippen molar-refractivity contribution in [3.05, 3.63) is 100 Å². The Labute approximate surface area is 228 Å². The molecule has 6 rings (SSSR count). The quantitative estimate of drug-likeness (QED) is 0.225. The van der Waals surface area contributed by atoms with Gasteiger partial charge in [-0.05, 0) is 41.5 Å². The molecule has 2 atom stereocenters. The predicted molar refractivity (Wildman–Crippen MR) is 149 cm³/mol. The van der Waals surface area contributed by atoms with Crippen LogP contribution in [0.3, 0.4) is 0 Å². The van der Waals surface area contributed by atoms with Crippen LogP contribution in [0.25, 0.3) is 22.1 Å². The summed E-state index contributed by atoms with van der Waals surface area (Å²) in [7, 11) is 3.25. The summed E-state index contributed by atoms with van der Waals surface area (Å²) >= 11 is 3.55. The molecule has 6 nitrogen and oxygen atoms in total. The number of phenols is 2. The number of hydrogen-bond acceptors (Lipinski definition) is 6. The summed E-state index contributed by atoms with van der Waals surface area (Å²) in [5, 5.41) is 21.0. The van der Waals surface area contributed by atoms with Crippen LogP contribution < -0.4 is 14.2 Å². The Bertz CT molecular complexity index is 1620. The lowest BCUT2D eigenvalue weighted by molar-refractivity contribution is 0.239. The minimum absolute atomic E-state index is 0.129. The Kier molecular flexibility index (Phi) is 6.16. The monoisotopic (exact) mass is 572 g/mol. The number of furan rings is 1. The molecule has 2 N–H and O–H groups in total. The maximum absolute atomic E-state index is 10.2. The van der Waals surface area contributed by atoms with Crippen molar-refractivity contribution in [2.45, 2.75) is 11.8 Å². The van der Waals surface area contributed by atoms with E-state index in [0.717, 1.165) is 37.9 Å². The van der Waals surface area contributed by atoms with E-state index in [9.17, 15) is 10.2 Å². The minimum Gasteiger partial charge on any atom is -0.508 e. The molecule has 1 aliphatic heterocycles. The van der Waals surface area contributed by atoms with E-state index in [-0.39, 0.29) is 23.3 Å². The second kappa shape index (κ2) is 9.65. The highest BCUT2D eigenvalue weighted by molar-refractivity contribution is 9.10. The Morgan fingerprint density at radius 1 is 0.842 bits per heavy atom. The van der Waals surface area contributed by atoms with Gasteiger partial charge in [-0.2, -0.15) is 0 Å². The lowest BCUT2D eigenvalue weighted by Gasteiger charge is -2.33. The first kappa shape index (κ1) is 24.2. The Hall–Kier alpha value is -4.10. The van der Waals surface area contributed by atoms with Crippen LogP contribution in [-0.2, 0) is 0 Å². The molecule has 1 aromatic heterocycles. The standard InChI is InChI=1S/C31H25BrO6/c1-35-22-14-26(36-2)30-27(15-22)38-31(28(30)18-3-7-19(32)8-4-18)29-23-12-11-21(34)13-25(23)37-16-24(29)17-5-9-20(33)10-6-17/h3-15,24,29,33-34H,16H2,1-2H3/t24-,29+/m1/s1. The van der Waals surface area contributed by atoms with E-state index in [4.69, 9.17) is 18.6 Å². The third kappa shape index (κ3) is 4.13. The van der Waals surface area contributed by atoms with Gasteiger partial charge in [-0.1, -0.05) is 46.3 Å². The van der Waals surface area contributed by atoms with Crippen molar-refractivity contribution in [2.24, 2.45) is 0 Å². The van der Waals surface area contributed by atoms with Gasteiger partial charge >= 0.3 is 0 Å². The Morgan fingerprint density at radius 2 is 1.58 bits per heavy atom. The molecule has 7 heteroatoms. The maximum Gasteiger partial charge on any atom is 0.142 e. The van der Waals surface area contributed by atoms with E-state index in [1.54, 1.807) is 38.5 Å². The zero-order chi connectivity index (χ0) is 26.4. The first-order valence-electron chi connectivity index (χ1n) is 12.2. The van der Waals surface area contributed by atoms with E-state index in [1.807, 2.05) is 54.6 Å². The number of phenolic OH excluding ortho intramolecular Hbond substituents is 2. The number of methoxy groups -OCH3 is 2. The average molecular weight is 573 g/mol. The summed E-state index contributed by atoms with van der Waals surface area (Å²) in [5.41, 5.74) is 4.43. The molecule has 2 heterocycles. The average Bonchev–Trinajstić information content (AvgIpc) is 3.31. The maximum atomic E-state index is 10.2. The number of hydrogen-bond donors (Lipinski definition) is 2.